The van der Waals surface area contributed by atoms with Crippen molar-refractivity contribution < 1.29 is 4.79 Å². The molecule has 0 unspecified atom stereocenters. The van der Waals surface area contributed by atoms with Gasteiger partial charge in [0.2, 0.25) is 11.0 Å². The molecule has 66 valence electrons. The molecule has 0 bridgehead atoms. The zero-order chi connectivity index (χ0) is 8.97. The van der Waals surface area contributed by atoms with Gasteiger partial charge in [0.05, 0.1) is 6.54 Å². The van der Waals surface area contributed by atoms with Crippen LogP contribution in [0.25, 0.3) is 0 Å². The molecule has 12 heavy (non-hydrogen) atoms. The minimum atomic E-state index is -0.0725. The van der Waals surface area contributed by atoms with Crippen molar-refractivity contribution in [2.24, 2.45) is 0 Å². The number of likely N-dealkylation sites (N-methyl/N-ethyl adjacent to an activating group) is 1. The number of anilines is 1. The van der Waals surface area contributed by atoms with E-state index in [2.05, 4.69) is 15.5 Å². The molecule has 1 rings (SSSR count). The number of carbonyl (C=O) groups is 1. The van der Waals surface area contributed by atoms with Gasteiger partial charge in [-0.25, -0.2) is 0 Å². The van der Waals surface area contributed by atoms with Gasteiger partial charge in [0.1, 0.15) is 5.51 Å². The Bertz CT molecular complexity index is 246. The molecule has 0 fully saturated rings. The molecule has 0 aliphatic rings. The quantitative estimate of drug-likeness (QED) is 0.724. The van der Waals surface area contributed by atoms with Gasteiger partial charge >= 0.3 is 0 Å². The number of amides is 1. The highest BCUT2D eigenvalue weighted by Crippen LogP contribution is 2.06. The van der Waals surface area contributed by atoms with Gasteiger partial charge < -0.3 is 4.90 Å². The molecular formula is C6H10N4OS. The van der Waals surface area contributed by atoms with Gasteiger partial charge in [-0.3, -0.25) is 10.1 Å². The fourth-order valence-corrected chi connectivity index (χ4v) is 1.13. The summed E-state index contributed by atoms with van der Waals surface area (Å²) in [5.74, 6) is -0.0725. The van der Waals surface area contributed by atoms with E-state index in [1.54, 1.807) is 10.4 Å². The van der Waals surface area contributed by atoms with E-state index in [1.807, 2.05) is 14.1 Å². The van der Waals surface area contributed by atoms with E-state index in [9.17, 15) is 4.79 Å². The fraction of sp³-hybridized carbons (Fsp3) is 0.500. The maximum absolute atomic E-state index is 11.1. The molecule has 0 aromatic carbocycles. The van der Waals surface area contributed by atoms with Crippen molar-refractivity contribution in [2.45, 2.75) is 0 Å². The van der Waals surface area contributed by atoms with Crippen LogP contribution in [-0.2, 0) is 4.79 Å². The summed E-state index contributed by atoms with van der Waals surface area (Å²) in [4.78, 5) is 12.9. The predicted molar refractivity (Wildman–Crippen MR) is 47.1 cm³/mol. The van der Waals surface area contributed by atoms with Crippen molar-refractivity contribution in [1.82, 2.24) is 15.1 Å². The lowest BCUT2D eigenvalue weighted by atomic mass is 10.5. The molecule has 1 aromatic heterocycles. The molecule has 0 aliphatic heterocycles. The second-order valence-electron chi connectivity index (χ2n) is 2.53. The SMILES string of the molecule is CN(C)CC(=O)Nc1nncs1. The van der Waals surface area contributed by atoms with E-state index >= 15 is 0 Å². The van der Waals surface area contributed by atoms with Gasteiger partial charge in [0.15, 0.2) is 0 Å². The molecule has 6 heteroatoms. The van der Waals surface area contributed by atoms with Crippen molar-refractivity contribution in [3.8, 4) is 0 Å². The van der Waals surface area contributed by atoms with Crippen LogP contribution < -0.4 is 5.32 Å². The first-order chi connectivity index (χ1) is 5.68. The number of hydrogen-bond acceptors (Lipinski definition) is 5. The van der Waals surface area contributed by atoms with E-state index < -0.39 is 0 Å². The molecule has 0 saturated heterocycles. The molecule has 0 aliphatic carbocycles. The lowest BCUT2D eigenvalue weighted by molar-refractivity contribution is -0.116. The first-order valence-electron chi connectivity index (χ1n) is 3.39. The Morgan fingerprint density at radius 2 is 2.50 bits per heavy atom. The van der Waals surface area contributed by atoms with E-state index in [0.717, 1.165) is 0 Å². The minimum absolute atomic E-state index is 0.0725. The van der Waals surface area contributed by atoms with E-state index in [-0.39, 0.29) is 5.91 Å². The van der Waals surface area contributed by atoms with Crippen molar-refractivity contribution in [3.05, 3.63) is 5.51 Å². The van der Waals surface area contributed by atoms with Gasteiger partial charge in [-0.1, -0.05) is 11.3 Å². The normalized spacial score (nSPS) is 10.2. The average molecular weight is 186 g/mol. The summed E-state index contributed by atoms with van der Waals surface area (Å²) >= 11 is 1.31. The summed E-state index contributed by atoms with van der Waals surface area (Å²) in [6, 6.07) is 0. The highest BCUT2D eigenvalue weighted by Gasteiger charge is 2.04. The average Bonchev–Trinajstić information content (AvgIpc) is 2.37. The van der Waals surface area contributed by atoms with Crippen LogP contribution in [0.1, 0.15) is 0 Å². The first kappa shape index (κ1) is 9.08. The topological polar surface area (TPSA) is 58.1 Å². The number of carbonyl (C=O) groups excluding carboxylic acids is 1. The zero-order valence-electron chi connectivity index (χ0n) is 6.94. The second kappa shape index (κ2) is 4.13. The third-order valence-electron chi connectivity index (χ3n) is 1.07. The maximum Gasteiger partial charge on any atom is 0.240 e. The van der Waals surface area contributed by atoms with Crippen LogP contribution in [0.3, 0.4) is 0 Å². The third-order valence-corrected chi connectivity index (χ3v) is 1.67. The number of hydrogen-bond donors (Lipinski definition) is 1. The molecule has 1 N–H and O–H groups in total. The van der Waals surface area contributed by atoms with Crippen LogP contribution in [0.5, 0.6) is 0 Å². The van der Waals surface area contributed by atoms with Crippen LogP contribution in [0.15, 0.2) is 5.51 Å². The lowest BCUT2D eigenvalue weighted by Crippen LogP contribution is -2.26. The first-order valence-corrected chi connectivity index (χ1v) is 4.27. The molecule has 1 amide bonds. The standard InChI is InChI=1S/C6H10N4OS/c1-10(2)3-5(11)8-6-9-7-4-12-6/h4H,3H2,1-2H3,(H,8,9,11). The largest absolute Gasteiger partial charge is 0.301 e. The van der Waals surface area contributed by atoms with Gasteiger partial charge in [-0.15, -0.1) is 10.2 Å². The minimum Gasteiger partial charge on any atom is -0.301 e. The monoisotopic (exact) mass is 186 g/mol. The van der Waals surface area contributed by atoms with Crippen molar-refractivity contribution >= 4 is 22.4 Å². The summed E-state index contributed by atoms with van der Waals surface area (Å²) in [5.41, 5.74) is 1.57. The Hall–Kier alpha value is -1.01. The Kier molecular flexibility index (Phi) is 3.12. The third kappa shape index (κ3) is 2.93. The van der Waals surface area contributed by atoms with Crippen LogP contribution >= 0.6 is 11.3 Å². The number of aromatic nitrogens is 2. The van der Waals surface area contributed by atoms with Gasteiger partial charge in [0, 0.05) is 0 Å². The van der Waals surface area contributed by atoms with Gasteiger partial charge in [-0.05, 0) is 14.1 Å². The second-order valence-corrected chi connectivity index (χ2v) is 3.36. The fourth-order valence-electron chi connectivity index (χ4n) is 0.674. The molecule has 0 atom stereocenters. The smallest absolute Gasteiger partial charge is 0.240 e. The van der Waals surface area contributed by atoms with Gasteiger partial charge in [0.25, 0.3) is 0 Å². The number of nitrogens with one attached hydrogen (secondary N) is 1. The van der Waals surface area contributed by atoms with Gasteiger partial charge in [-0.2, -0.15) is 0 Å². The number of rotatable bonds is 3. The zero-order valence-corrected chi connectivity index (χ0v) is 7.76. The predicted octanol–water partition coefficient (Wildman–Crippen LogP) is 0.0382. The van der Waals surface area contributed by atoms with Crippen molar-refractivity contribution in [2.75, 3.05) is 26.0 Å². The Morgan fingerprint density at radius 1 is 1.75 bits per heavy atom. The highest BCUT2D eigenvalue weighted by molar-refractivity contribution is 7.13. The van der Waals surface area contributed by atoms with Crippen LogP contribution in [0.4, 0.5) is 5.13 Å². The molecule has 0 spiro atoms. The van der Waals surface area contributed by atoms with E-state index in [0.29, 0.717) is 11.7 Å². The van der Waals surface area contributed by atoms with Crippen molar-refractivity contribution in [3.63, 3.8) is 0 Å². The lowest BCUT2D eigenvalue weighted by Gasteiger charge is -2.07. The summed E-state index contributed by atoms with van der Waals surface area (Å²) in [7, 11) is 3.67. The van der Waals surface area contributed by atoms with Crippen molar-refractivity contribution in [1.29, 1.82) is 0 Å². The highest BCUT2D eigenvalue weighted by atomic mass is 32.1. The summed E-state index contributed by atoms with van der Waals surface area (Å²) in [6.45, 7) is 0.361. The number of nitrogens with zero attached hydrogens (tertiary/aromatic N) is 3. The van der Waals surface area contributed by atoms with E-state index in [4.69, 9.17) is 0 Å². The molecule has 0 radical (unpaired) electrons. The summed E-state index contributed by atoms with van der Waals surface area (Å²) in [6.07, 6.45) is 0. The Balaban J connectivity index is 2.37. The summed E-state index contributed by atoms with van der Waals surface area (Å²) < 4.78 is 0. The molecule has 1 aromatic rings. The van der Waals surface area contributed by atoms with Crippen LogP contribution in [-0.4, -0.2) is 41.6 Å². The van der Waals surface area contributed by atoms with Crippen LogP contribution in [0, 0.1) is 0 Å². The Labute approximate surface area is 74.4 Å². The molecule has 5 nitrogen and oxygen atoms in total. The molecule has 0 saturated carbocycles. The van der Waals surface area contributed by atoms with Crippen LogP contribution in [0.2, 0.25) is 0 Å². The maximum atomic E-state index is 11.1. The summed E-state index contributed by atoms with van der Waals surface area (Å²) in [5, 5.41) is 10.4. The molecule has 1 heterocycles. The molecular weight excluding hydrogens is 176 g/mol. The van der Waals surface area contributed by atoms with E-state index in [1.165, 1.54) is 11.3 Å². The Morgan fingerprint density at radius 3 is 3.00 bits per heavy atom.